The largest absolute Gasteiger partial charge is 0.497 e. The molecule has 228 valence electrons. The number of imidazole rings is 1. The van der Waals surface area contributed by atoms with Crippen molar-refractivity contribution in [3.8, 4) is 5.75 Å². The molecule has 0 spiro atoms. The molecule has 0 aliphatic heterocycles. The molecule has 0 radical (unpaired) electrons. The Morgan fingerprint density at radius 1 is 0.744 bits per heavy atom. The van der Waals surface area contributed by atoms with E-state index < -0.39 is 5.92 Å². The lowest BCUT2D eigenvalue weighted by molar-refractivity contribution is 0.00855. The van der Waals surface area contributed by atoms with E-state index in [4.69, 9.17) is 4.74 Å². The molecular formula is C35H43F2N5O. The second-order valence-corrected chi connectivity index (χ2v) is 11.7. The first kappa shape index (κ1) is 31.7. The van der Waals surface area contributed by atoms with Crippen molar-refractivity contribution in [2.75, 3.05) is 7.11 Å². The van der Waals surface area contributed by atoms with Crippen molar-refractivity contribution in [3.05, 3.63) is 95.9 Å². The molecule has 0 bridgehead atoms. The molecule has 0 saturated carbocycles. The number of rotatable bonds is 5. The first-order chi connectivity index (χ1) is 20.3. The highest BCUT2D eigenvalue weighted by Crippen LogP contribution is 2.34. The van der Waals surface area contributed by atoms with Crippen LogP contribution < -0.4 is 4.74 Å². The first-order valence-corrected chi connectivity index (χ1v) is 14.8. The number of aryl methyl sites for hydroxylation is 1. The normalized spacial score (nSPS) is 11.8. The Labute approximate surface area is 252 Å². The molecule has 6 rings (SSSR count). The summed E-state index contributed by atoms with van der Waals surface area (Å²) in [5, 5.41) is 5.30. The molecule has 0 saturated heterocycles. The third kappa shape index (κ3) is 6.90. The lowest BCUT2D eigenvalue weighted by atomic mass is 10.0. The van der Waals surface area contributed by atoms with Gasteiger partial charge in [-0.2, -0.15) is 9.50 Å². The Kier molecular flexibility index (Phi) is 9.58. The number of aromatic nitrogens is 5. The summed E-state index contributed by atoms with van der Waals surface area (Å²) in [5.41, 5.74) is 4.58. The van der Waals surface area contributed by atoms with Gasteiger partial charge in [0.2, 0.25) is 5.78 Å². The van der Waals surface area contributed by atoms with E-state index >= 15 is 0 Å². The number of fused-ring (bicyclic) bond motifs is 4. The summed E-state index contributed by atoms with van der Waals surface area (Å²) in [6, 6.07) is 25.9. The Morgan fingerprint density at radius 3 is 1.93 bits per heavy atom. The number of nitrogens with zero attached hydrogens (tertiary/aromatic N) is 5. The highest BCUT2D eigenvalue weighted by atomic mass is 19.3. The maximum absolute atomic E-state index is 13.5. The third-order valence-corrected chi connectivity index (χ3v) is 7.27. The zero-order valence-corrected chi connectivity index (χ0v) is 26.6. The zero-order valence-electron chi connectivity index (χ0n) is 26.6. The van der Waals surface area contributed by atoms with Crippen LogP contribution in [0.25, 0.3) is 27.7 Å². The van der Waals surface area contributed by atoms with Gasteiger partial charge < -0.3 is 13.9 Å². The summed E-state index contributed by atoms with van der Waals surface area (Å²) in [4.78, 5) is 4.49. The number of methoxy groups -OCH3 is 1. The van der Waals surface area contributed by atoms with Crippen LogP contribution in [0.2, 0.25) is 0 Å². The molecular weight excluding hydrogens is 544 g/mol. The van der Waals surface area contributed by atoms with Gasteiger partial charge in [-0.25, -0.2) is 8.78 Å². The fourth-order valence-corrected chi connectivity index (χ4v) is 5.26. The van der Waals surface area contributed by atoms with E-state index in [9.17, 15) is 8.78 Å². The predicted molar refractivity (Wildman–Crippen MR) is 173 cm³/mol. The Hall–Kier alpha value is -4.20. The molecule has 0 aliphatic rings. The van der Waals surface area contributed by atoms with E-state index in [0.717, 1.165) is 40.7 Å². The number of hydrogen-bond donors (Lipinski definition) is 0. The lowest BCUT2D eigenvalue weighted by Gasteiger charge is -2.18. The number of benzene rings is 3. The molecule has 3 heterocycles. The topological polar surface area (TPSA) is 49.3 Å². The van der Waals surface area contributed by atoms with E-state index in [1.165, 1.54) is 11.1 Å². The molecule has 0 fully saturated rings. The van der Waals surface area contributed by atoms with Crippen LogP contribution in [0.4, 0.5) is 8.78 Å². The van der Waals surface area contributed by atoms with Gasteiger partial charge in [0.1, 0.15) is 11.6 Å². The fraction of sp³-hybridized carbons (Fsp3) is 0.371. The van der Waals surface area contributed by atoms with E-state index in [0.29, 0.717) is 12.0 Å². The lowest BCUT2D eigenvalue weighted by Crippen LogP contribution is -2.16. The Morgan fingerprint density at radius 2 is 1.35 bits per heavy atom. The molecule has 6 aromatic rings. The van der Waals surface area contributed by atoms with Crippen molar-refractivity contribution >= 4 is 27.7 Å². The van der Waals surface area contributed by atoms with Crippen LogP contribution in [0, 0.1) is 6.92 Å². The molecule has 6 nitrogen and oxygen atoms in total. The average Bonchev–Trinajstić information content (AvgIpc) is 3.63. The van der Waals surface area contributed by atoms with Gasteiger partial charge in [0.25, 0.3) is 5.92 Å². The second kappa shape index (κ2) is 13.0. The highest BCUT2D eigenvalue weighted by Gasteiger charge is 2.30. The molecule has 8 heteroatoms. The summed E-state index contributed by atoms with van der Waals surface area (Å²) < 4.78 is 37.9. The van der Waals surface area contributed by atoms with Gasteiger partial charge >= 0.3 is 0 Å². The molecule has 3 aromatic carbocycles. The SMILES string of the molecule is CC(C)n1c(C(C)(F)F)cc2ccccc21.COc1cccc(C(C)C)c1.Cc1nc2n(C(C)C)c3ccccc3n2n1. The van der Waals surface area contributed by atoms with Crippen LogP contribution in [-0.2, 0) is 5.92 Å². The molecule has 3 aromatic heterocycles. The minimum atomic E-state index is -2.80. The van der Waals surface area contributed by atoms with Crippen molar-refractivity contribution in [2.45, 2.75) is 79.3 Å². The van der Waals surface area contributed by atoms with E-state index in [1.54, 1.807) is 17.7 Å². The molecule has 0 amide bonds. The third-order valence-electron chi connectivity index (χ3n) is 7.27. The minimum Gasteiger partial charge on any atom is -0.497 e. The summed E-state index contributed by atoms with van der Waals surface area (Å²) >= 11 is 0. The van der Waals surface area contributed by atoms with Gasteiger partial charge in [-0.15, -0.1) is 5.10 Å². The Bertz CT molecular complexity index is 1800. The van der Waals surface area contributed by atoms with Crippen LogP contribution in [0.3, 0.4) is 0 Å². The average molecular weight is 588 g/mol. The van der Waals surface area contributed by atoms with Crippen LogP contribution in [-0.4, -0.2) is 30.8 Å². The number of alkyl halides is 2. The van der Waals surface area contributed by atoms with Crippen LogP contribution in [0.15, 0.2) is 78.9 Å². The van der Waals surface area contributed by atoms with Crippen LogP contribution in [0.5, 0.6) is 5.75 Å². The quantitative estimate of drug-likeness (QED) is 0.202. The standard InChI is InChI=1S/C13H15F2N.C12H14N4.C10H14O/c1-9(2)16-11-7-5-4-6-10(11)8-12(16)13(3,14)15;1-8(2)15-10-6-4-5-7-11(10)16-12(15)13-9(3)14-16;1-8(2)9-5-4-6-10(7-9)11-3/h4-9H,1-3H3;4-8H,1-3H3;4-8H,1-3H3. The van der Waals surface area contributed by atoms with E-state index in [2.05, 4.69) is 66.6 Å². The Balaban J connectivity index is 0.000000151. The number of halogens is 2. The smallest absolute Gasteiger partial charge is 0.285 e. The van der Waals surface area contributed by atoms with Crippen LogP contribution in [0.1, 0.15) is 83.5 Å². The molecule has 0 N–H and O–H groups in total. The number of hydrogen-bond acceptors (Lipinski definition) is 3. The summed E-state index contributed by atoms with van der Waals surface area (Å²) in [6.07, 6.45) is 0. The zero-order chi connectivity index (χ0) is 31.5. The van der Waals surface area contributed by atoms with Gasteiger partial charge in [-0.05, 0) is 82.5 Å². The monoisotopic (exact) mass is 587 g/mol. The second-order valence-electron chi connectivity index (χ2n) is 11.7. The molecule has 0 atom stereocenters. The van der Waals surface area contributed by atoms with Crippen molar-refractivity contribution in [1.82, 2.24) is 23.7 Å². The first-order valence-electron chi connectivity index (χ1n) is 14.8. The van der Waals surface area contributed by atoms with Crippen molar-refractivity contribution in [3.63, 3.8) is 0 Å². The number of ether oxygens (including phenoxy) is 1. The molecule has 0 aliphatic carbocycles. The summed E-state index contributed by atoms with van der Waals surface area (Å²) in [7, 11) is 1.69. The summed E-state index contributed by atoms with van der Waals surface area (Å²) in [6.45, 7) is 15.4. The van der Waals surface area contributed by atoms with Crippen LogP contribution >= 0.6 is 0 Å². The van der Waals surface area contributed by atoms with Gasteiger partial charge in [0, 0.05) is 29.9 Å². The van der Waals surface area contributed by atoms with Crippen molar-refractivity contribution in [2.24, 2.45) is 0 Å². The predicted octanol–water partition coefficient (Wildman–Crippen LogP) is 9.73. The van der Waals surface area contributed by atoms with Gasteiger partial charge in [-0.1, -0.05) is 56.3 Å². The maximum atomic E-state index is 13.5. The van der Waals surface area contributed by atoms with E-state index in [1.807, 2.05) is 73.8 Å². The van der Waals surface area contributed by atoms with Crippen molar-refractivity contribution in [1.29, 1.82) is 0 Å². The fourth-order valence-electron chi connectivity index (χ4n) is 5.26. The van der Waals surface area contributed by atoms with Gasteiger partial charge in [0.15, 0.2) is 0 Å². The van der Waals surface area contributed by atoms with Gasteiger partial charge in [0.05, 0.1) is 23.8 Å². The van der Waals surface area contributed by atoms with E-state index in [-0.39, 0.29) is 11.7 Å². The number of para-hydroxylation sites is 3. The van der Waals surface area contributed by atoms with Gasteiger partial charge in [-0.3, -0.25) is 0 Å². The van der Waals surface area contributed by atoms with Crippen molar-refractivity contribution < 1.29 is 13.5 Å². The maximum Gasteiger partial charge on any atom is 0.285 e. The molecule has 43 heavy (non-hydrogen) atoms. The highest BCUT2D eigenvalue weighted by molar-refractivity contribution is 5.82. The molecule has 0 unspecified atom stereocenters. The minimum absolute atomic E-state index is 0.0284. The summed E-state index contributed by atoms with van der Waals surface area (Å²) in [5.74, 6) is 0.452.